The van der Waals surface area contributed by atoms with Crippen molar-refractivity contribution in [2.45, 2.75) is 6.42 Å². The maximum Gasteiger partial charge on any atom is 0.337 e. The van der Waals surface area contributed by atoms with Gasteiger partial charge in [-0.15, -0.1) is 0 Å². The fourth-order valence-electron chi connectivity index (χ4n) is 2.93. The van der Waals surface area contributed by atoms with Crippen LogP contribution < -0.4 is 4.90 Å². The number of amides is 1. The van der Waals surface area contributed by atoms with E-state index in [9.17, 15) is 9.59 Å². The molecule has 3 rings (SSSR count). The zero-order chi connectivity index (χ0) is 19.6. The number of likely N-dealkylation sites (N-methyl/N-ethyl adjacent to an activating group) is 1. The highest BCUT2D eigenvalue weighted by Gasteiger charge is 2.20. The third-order valence-corrected chi connectivity index (χ3v) is 4.82. The molecule has 4 nitrogen and oxygen atoms in total. The lowest BCUT2D eigenvalue weighted by Crippen LogP contribution is -2.28. The topological polar surface area (TPSA) is 46.6 Å². The SMILES string of the molecule is COC(=O)c1cc(N(C)C(=O)Cc2ccccc2)c2c(Cl)cc(Cl)cc2c1. The highest BCUT2D eigenvalue weighted by molar-refractivity contribution is 6.40. The van der Waals surface area contributed by atoms with Gasteiger partial charge >= 0.3 is 5.97 Å². The highest BCUT2D eigenvalue weighted by atomic mass is 35.5. The molecular weight excluding hydrogens is 385 g/mol. The molecule has 0 fully saturated rings. The van der Waals surface area contributed by atoms with Crippen molar-refractivity contribution in [3.63, 3.8) is 0 Å². The number of anilines is 1. The first-order valence-electron chi connectivity index (χ1n) is 8.22. The molecule has 0 spiro atoms. The zero-order valence-electron chi connectivity index (χ0n) is 14.8. The van der Waals surface area contributed by atoms with Crippen molar-refractivity contribution in [3.8, 4) is 0 Å². The molecule has 0 saturated carbocycles. The molecule has 0 N–H and O–H groups in total. The summed E-state index contributed by atoms with van der Waals surface area (Å²) in [5, 5.41) is 2.16. The van der Waals surface area contributed by atoms with Crippen LogP contribution in [0, 0.1) is 0 Å². The molecule has 0 aliphatic carbocycles. The molecule has 1 amide bonds. The molecular formula is C21H17Cl2NO3. The van der Waals surface area contributed by atoms with Gasteiger partial charge in [0.1, 0.15) is 0 Å². The normalized spacial score (nSPS) is 10.7. The van der Waals surface area contributed by atoms with Crippen molar-refractivity contribution in [1.29, 1.82) is 0 Å². The molecule has 3 aromatic carbocycles. The van der Waals surface area contributed by atoms with Gasteiger partial charge in [0.25, 0.3) is 0 Å². The van der Waals surface area contributed by atoms with E-state index < -0.39 is 5.97 Å². The number of ether oxygens (including phenoxy) is 1. The third kappa shape index (κ3) is 4.07. The van der Waals surface area contributed by atoms with Crippen LogP contribution in [0.15, 0.2) is 54.6 Å². The van der Waals surface area contributed by atoms with Gasteiger partial charge in [-0.3, -0.25) is 4.79 Å². The molecule has 0 atom stereocenters. The number of hydrogen-bond acceptors (Lipinski definition) is 3. The Labute approximate surface area is 167 Å². The van der Waals surface area contributed by atoms with Crippen LogP contribution in [0.2, 0.25) is 10.0 Å². The quantitative estimate of drug-likeness (QED) is 0.568. The Morgan fingerprint density at radius 3 is 2.41 bits per heavy atom. The number of carbonyl (C=O) groups is 2. The summed E-state index contributed by atoms with van der Waals surface area (Å²) in [4.78, 5) is 26.4. The molecule has 6 heteroatoms. The number of carbonyl (C=O) groups excluding carboxylic acids is 2. The van der Waals surface area contributed by atoms with Gasteiger partial charge in [-0.25, -0.2) is 4.79 Å². The van der Waals surface area contributed by atoms with Gasteiger partial charge in [-0.2, -0.15) is 0 Å². The molecule has 0 heterocycles. The largest absolute Gasteiger partial charge is 0.465 e. The Balaban J connectivity index is 2.10. The standard InChI is InChI=1S/C21H17Cl2NO3/c1-24(19(25)8-13-6-4-3-5-7-13)18-11-15(21(26)27-2)9-14-10-16(22)12-17(23)20(14)18/h3-7,9-12H,8H2,1-2H3. The summed E-state index contributed by atoms with van der Waals surface area (Å²) in [5.74, 6) is -0.631. The van der Waals surface area contributed by atoms with Crippen LogP contribution in [0.25, 0.3) is 10.8 Å². The Kier molecular flexibility index (Phi) is 5.68. The Morgan fingerprint density at radius 2 is 1.74 bits per heavy atom. The predicted octanol–water partition coefficient (Wildman–Crippen LogP) is 5.14. The van der Waals surface area contributed by atoms with Crippen molar-refractivity contribution >= 4 is 51.5 Å². The van der Waals surface area contributed by atoms with E-state index in [1.54, 1.807) is 31.3 Å². The summed E-state index contributed by atoms with van der Waals surface area (Å²) in [7, 11) is 2.97. The Hall–Kier alpha value is -2.56. The van der Waals surface area contributed by atoms with Crippen LogP contribution in [-0.2, 0) is 16.0 Å². The van der Waals surface area contributed by atoms with Crippen molar-refractivity contribution in [1.82, 2.24) is 0 Å². The number of halogens is 2. The second-order valence-electron chi connectivity index (χ2n) is 6.09. The zero-order valence-corrected chi connectivity index (χ0v) is 16.3. The van der Waals surface area contributed by atoms with Gasteiger partial charge in [0.05, 0.1) is 29.8 Å². The molecule has 0 radical (unpaired) electrons. The number of hydrogen-bond donors (Lipinski definition) is 0. The van der Waals surface area contributed by atoms with E-state index in [0.717, 1.165) is 5.56 Å². The van der Waals surface area contributed by atoms with Crippen LogP contribution >= 0.6 is 23.2 Å². The average molecular weight is 402 g/mol. The van der Waals surface area contributed by atoms with Gasteiger partial charge in [-0.05, 0) is 35.2 Å². The predicted molar refractivity (Wildman–Crippen MR) is 109 cm³/mol. The number of nitrogens with zero attached hydrogens (tertiary/aromatic N) is 1. The summed E-state index contributed by atoms with van der Waals surface area (Å²) in [6.07, 6.45) is 0.229. The fraction of sp³-hybridized carbons (Fsp3) is 0.143. The number of rotatable bonds is 4. The molecule has 0 saturated heterocycles. The lowest BCUT2D eigenvalue weighted by molar-refractivity contribution is -0.117. The number of methoxy groups -OCH3 is 1. The van der Waals surface area contributed by atoms with E-state index in [1.165, 1.54) is 12.0 Å². The molecule has 27 heavy (non-hydrogen) atoms. The van der Waals surface area contributed by atoms with Crippen molar-refractivity contribution in [2.24, 2.45) is 0 Å². The monoisotopic (exact) mass is 401 g/mol. The summed E-state index contributed by atoms with van der Waals surface area (Å²) in [6, 6.07) is 16.0. The van der Waals surface area contributed by atoms with E-state index in [4.69, 9.17) is 27.9 Å². The molecule has 0 unspecified atom stereocenters. The van der Waals surface area contributed by atoms with Crippen LogP contribution in [0.5, 0.6) is 0 Å². The van der Waals surface area contributed by atoms with Gasteiger partial charge in [-0.1, -0.05) is 53.5 Å². The minimum Gasteiger partial charge on any atom is -0.465 e. The van der Waals surface area contributed by atoms with Crippen LogP contribution in [0.4, 0.5) is 5.69 Å². The van der Waals surface area contributed by atoms with E-state index in [0.29, 0.717) is 32.1 Å². The minimum atomic E-state index is -0.502. The maximum atomic E-state index is 12.8. The van der Waals surface area contributed by atoms with Gasteiger partial charge in [0.2, 0.25) is 5.91 Å². The Morgan fingerprint density at radius 1 is 1.04 bits per heavy atom. The maximum absolute atomic E-state index is 12.8. The lowest BCUT2D eigenvalue weighted by Gasteiger charge is -2.21. The molecule has 0 aliphatic heterocycles. The summed E-state index contributed by atoms with van der Waals surface area (Å²) in [5.41, 5.74) is 1.74. The van der Waals surface area contributed by atoms with Gasteiger partial charge < -0.3 is 9.64 Å². The third-order valence-electron chi connectivity index (χ3n) is 4.30. The second kappa shape index (κ2) is 7.99. The lowest BCUT2D eigenvalue weighted by atomic mass is 10.0. The first kappa shape index (κ1) is 19.2. The second-order valence-corrected chi connectivity index (χ2v) is 6.93. The molecule has 0 aromatic heterocycles. The summed E-state index contributed by atoms with van der Waals surface area (Å²) < 4.78 is 4.83. The van der Waals surface area contributed by atoms with E-state index in [-0.39, 0.29) is 12.3 Å². The van der Waals surface area contributed by atoms with Crippen molar-refractivity contribution in [2.75, 3.05) is 19.1 Å². The van der Waals surface area contributed by atoms with Gasteiger partial charge in [0.15, 0.2) is 0 Å². The first-order chi connectivity index (χ1) is 12.9. The Bertz CT molecular complexity index is 1020. The smallest absolute Gasteiger partial charge is 0.337 e. The minimum absolute atomic E-state index is 0.129. The van der Waals surface area contributed by atoms with Crippen molar-refractivity contribution in [3.05, 3.63) is 75.8 Å². The highest BCUT2D eigenvalue weighted by Crippen LogP contribution is 2.36. The van der Waals surface area contributed by atoms with Gasteiger partial charge in [0, 0.05) is 17.5 Å². The van der Waals surface area contributed by atoms with Crippen LogP contribution in [0.3, 0.4) is 0 Å². The van der Waals surface area contributed by atoms with Crippen LogP contribution in [-0.4, -0.2) is 26.0 Å². The molecule has 3 aromatic rings. The number of fused-ring (bicyclic) bond motifs is 1. The number of benzene rings is 3. The first-order valence-corrected chi connectivity index (χ1v) is 8.98. The molecule has 138 valence electrons. The van der Waals surface area contributed by atoms with E-state index in [2.05, 4.69) is 0 Å². The van der Waals surface area contributed by atoms with E-state index >= 15 is 0 Å². The average Bonchev–Trinajstić information content (AvgIpc) is 2.66. The summed E-state index contributed by atoms with van der Waals surface area (Å²) >= 11 is 12.5. The molecule has 0 bridgehead atoms. The number of esters is 1. The van der Waals surface area contributed by atoms with E-state index in [1.807, 2.05) is 30.3 Å². The molecule has 0 aliphatic rings. The summed E-state index contributed by atoms with van der Waals surface area (Å²) in [6.45, 7) is 0. The van der Waals surface area contributed by atoms with Crippen molar-refractivity contribution < 1.29 is 14.3 Å². The fourth-order valence-corrected chi connectivity index (χ4v) is 3.54. The van der Waals surface area contributed by atoms with Crippen LogP contribution in [0.1, 0.15) is 15.9 Å².